The lowest BCUT2D eigenvalue weighted by molar-refractivity contribution is 0.619. The van der Waals surface area contributed by atoms with Crippen LogP contribution in [-0.4, -0.2) is 0 Å². The van der Waals surface area contributed by atoms with Gasteiger partial charge >= 0.3 is 0 Å². The van der Waals surface area contributed by atoms with E-state index < -0.39 is 0 Å². The fraction of sp³-hybridized carbons (Fsp3) is 0.0400. The van der Waals surface area contributed by atoms with E-state index in [0.29, 0.717) is 7.14 Å². The maximum atomic E-state index is 14.0. The van der Waals surface area contributed by atoms with Gasteiger partial charge in [0.15, 0.2) is 0 Å². The zero-order chi connectivity index (χ0) is 25.6. The Bertz CT molecular complexity index is 1330. The van der Waals surface area contributed by atoms with E-state index >= 15 is 0 Å². The lowest BCUT2D eigenvalue weighted by atomic mass is 9.98. The molecule has 0 spiro atoms. The Balaban J connectivity index is 1.72. The minimum absolute atomic E-state index is 0.183. The Labute approximate surface area is 311 Å². The van der Waals surface area contributed by atoms with Crippen LogP contribution in [0.25, 0.3) is 22.3 Å². The average molecular weight is 1360 g/mol. The second-order valence-electron chi connectivity index (χ2n) is 7.46. The van der Waals surface area contributed by atoms with Crippen molar-refractivity contribution in [3.63, 3.8) is 0 Å². The summed E-state index contributed by atoms with van der Waals surface area (Å²) in [4.78, 5) is 0. The topological polar surface area (TPSA) is 0 Å². The van der Waals surface area contributed by atoms with Crippen LogP contribution in [0.3, 0.4) is 0 Å². The number of halogens is 10. The highest BCUT2D eigenvalue weighted by molar-refractivity contribution is 14.1. The van der Waals surface area contributed by atoms with Crippen molar-refractivity contribution in [2.45, 2.75) is 6.42 Å². The Morgan fingerprint density at radius 2 is 0.771 bits per heavy atom. The average Bonchev–Trinajstić information content (AvgIpc) is 2.79. The third-order valence-electron chi connectivity index (χ3n) is 5.33. The van der Waals surface area contributed by atoms with Crippen LogP contribution in [-0.2, 0) is 6.42 Å². The van der Waals surface area contributed by atoms with Gasteiger partial charge in [-0.1, -0.05) is 12.1 Å². The number of hydrogen-bond acceptors (Lipinski definition) is 0. The van der Waals surface area contributed by atoms with E-state index in [0.717, 1.165) is 35.8 Å². The SMILES string of the molecule is Fc1ccc(-c2cc(I)c(Cc3c(I)cc(-c4ccc(F)c(I)c4I)cc3I)c(I)c2)c(I)c1I. The van der Waals surface area contributed by atoms with Crippen molar-refractivity contribution < 1.29 is 8.78 Å². The highest BCUT2D eigenvalue weighted by Gasteiger charge is 2.18. The van der Waals surface area contributed by atoms with E-state index in [9.17, 15) is 8.78 Å². The maximum Gasteiger partial charge on any atom is 0.137 e. The van der Waals surface area contributed by atoms with Crippen molar-refractivity contribution in [2.24, 2.45) is 0 Å². The highest BCUT2D eigenvalue weighted by atomic mass is 127. The summed E-state index contributed by atoms with van der Waals surface area (Å²) in [5, 5.41) is 0. The molecule has 0 aliphatic carbocycles. The molecule has 0 aromatic heterocycles. The predicted octanol–water partition coefficient (Wildman–Crippen LogP) is 11.7. The van der Waals surface area contributed by atoms with Crippen LogP contribution in [0.15, 0.2) is 48.5 Å². The van der Waals surface area contributed by atoms with Gasteiger partial charge in [-0.05, 0) is 251 Å². The second kappa shape index (κ2) is 13.0. The first-order valence-electron chi connectivity index (χ1n) is 9.73. The molecule has 0 heterocycles. The molecule has 0 bridgehead atoms. The molecular formula is C25H10F2I8. The Morgan fingerprint density at radius 3 is 1.09 bits per heavy atom. The Kier molecular flexibility index (Phi) is 11.4. The predicted molar refractivity (Wildman–Crippen MR) is 208 cm³/mol. The molecule has 4 rings (SSSR count). The molecule has 4 aromatic carbocycles. The minimum atomic E-state index is -0.183. The van der Waals surface area contributed by atoms with Crippen molar-refractivity contribution >= 4 is 181 Å². The molecule has 180 valence electrons. The largest absolute Gasteiger partial charge is 0.206 e. The van der Waals surface area contributed by atoms with Crippen LogP contribution in [0.2, 0.25) is 0 Å². The molecule has 0 amide bonds. The molecule has 0 saturated carbocycles. The van der Waals surface area contributed by atoms with Gasteiger partial charge in [-0.2, -0.15) is 0 Å². The van der Waals surface area contributed by atoms with Gasteiger partial charge in [0.2, 0.25) is 0 Å². The normalized spacial score (nSPS) is 11.3. The highest BCUT2D eigenvalue weighted by Crippen LogP contribution is 2.37. The van der Waals surface area contributed by atoms with Gasteiger partial charge in [-0.15, -0.1) is 0 Å². The van der Waals surface area contributed by atoms with E-state index in [1.165, 1.54) is 25.4 Å². The quantitative estimate of drug-likeness (QED) is 0.141. The smallest absolute Gasteiger partial charge is 0.137 e. The monoisotopic (exact) mass is 1360 g/mol. The molecule has 0 fully saturated rings. The van der Waals surface area contributed by atoms with Crippen molar-refractivity contribution in [1.29, 1.82) is 0 Å². The summed E-state index contributed by atoms with van der Waals surface area (Å²) in [6.45, 7) is 0. The third kappa shape index (κ3) is 6.74. The number of benzene rings is 4. The summed E-state index contributed by atoms with van der Waals surface area (Å²) in [5.74, 6) is -0.366. The van der Waals surface area contributed by atoms with Crippen LogP contribution in [0.1, 0.15) is 11.1 Å². The van der Waals surface area contributed by atoms with Crippen LogP contribution in [0.5, 0.6) is 0 Å². The molecule has 0 saturated heterocycles. The standard InChI is InChI=1S/C25H10F2I8/c26-16-3-1-12(22(32)24(16)34)10-5-18(28)14(19(29)6-10)9-15-20(30)7-11(8-21(15)31)13-2-4-17(27)25(35)23(13)33/h1-8H,9H2. The van der Waals surface area contributed by atoms with Crippen LogP contribution in [0.4, 0.5) is 8.78 Å². The van der Waals surface area contributed by atoms with Gasteiger partial charge in [0.25, 0.3) is 0 Å². The summed E-state index contributed by atoms with van der Waals surface area (Å²) in [5.41, 5.74) is 6.88. The van der Waals surface area contributed by atoms with E-state index in [2.05, 4.69) is 205 Å². The fourth-order valence-corrected chi connectivity index (χ4v) is 10.3. The van der Waals surface area contributed by atoms with Gasteiger partial charge in [-0.25, -0.2) is 8.78 Å². The van der Waals surface area contributed by atoms with Crippen LogP contribution < -0.4 is 0 Å². The van der Waals surface area contributed by atoms with Crippen molar-refractivity contribution in [3.8, 4) is 22.3 Å². The number of hydrogen-bond donors (Lipinski definition) is 0. The summed E-state index contributed by atoms with van der Waals surface area (Å²) >= 11 is 18.3. The Hall–Kier alpha value is 2.58. The van der Waals surface area contributed by atoms with E-state index in [1.54, 1.807) is 12.1 Å². The molecule has 0 N–H and O–H groups in total. The zero-order valence-electron chi connectivity index (χ0n) is 17.1. The molecular weight excluding hydrogens is 1350 g/mol. The van der Waals surface area contributed by atoms with Gasteiger partial charge in [0.05, 0.1) is 7.14 Å². The summed E-state index contributed by atoms with van der Waals surface area (Å²) in [7, 11) is 0. The van der Waals surface area contributed by atoms with Crippen LogP contribution >= 0.6 is 181 Å². The third-order valence-corrected chi connectivity index (χ3v) is 15.6. The van der Waals surface area contributed by atoms with Crippen molar-refractivity contribution in [2.75, 3.05) is 0 Å². The zero-order valence-corrected chi connectivity index (χ0v) is 34.4. The molecule has 35 heavy (non-hydrogen) atoms. The summed E-state index contributed by atoms with van der Waals surface area (Å²) < 4.78 is 35.9. The van der Waals surface area contributed by atoms with E-state index in [4.69, 9.17) is 0 Å². The molecule has 0 unspecified atom stereocenters. The number of rotatable bonds is 4. The van der Waals surface area contributed by atoms with Gasteiger partial charge < -0.3 is 0 Å². The van der Waals surface area contributed by atoms with Gasteiger partial charge in [0.1, 0.15) is 11.6 Å². The first kappa shape index (κ1) is 30.5. The first-order valence-corrected chi connectivity index (χ1v) is 18.4. The molecule has 0 aliphatic rings. The second-order valence-corrected chi connectivity index (χ2v) is 16.4. The Morgan fingerprint density at radius 1 is 0.457 bits per heavy atom. The molecule has 0 radical (unpaired) electrons. The van der Waals surface area contributed by atoms with Crippen molar-refractivity contribution in [1.82, 2.24) is 0 Å². The van der Waals surface area contributed by atoms with E-state index in [-0.39, 0.29) is 11.6 Å². The van der Waals surface area contributed by atoms with E-state index in [1.807, 2.05) is 12.1 Å². The molecule has 0 atom stereocenters. The minimum Gasteiger partial charge on any atom is -0.206 e. The van der Waals surface area contributed by atoms with Gasteiger partial charge in [-0.3, -0.25) is 0 Å². The molecule has 10 heteroatoms. The van der Waals surface area contributed by atoms with Gasteiger partial charge in [0, 0.05) is 27.8 Å². The summed E-state index contributed by atoms with van der Waals surface area (Å²) in [6.07, 6.45) is 0.823. The molecule has 4 aromatic rings. The lowest BCUT2D eigenvalue weighted by Crippen LogP contribution is -2.02. The first-order chi connectivity index (χ1) is 16.5. The van der Waals surface area contributed by atoms with Crippen molar-refractivity contribution in [3.05, 3.63) is 99.9 Å². The summed E-state index contributed by atoms with van der Waals surface area (Å²) in [6, 6.07) is 15.6. The maximum absolute atomic E-state index is 14.0. The lowest BCUT2D eigenvalue weighted by Gasteiger charge is -2.16. The fourth-order valence-electron chi connectivity index (χ4n) is 3.53. The molecule has 0 nitrogen and oxygen atoms in total. The molecule has 0 aliphatic heterocycles. The van der Waals surface area contributed by atoms with Crippen LogP contribution in [0, 0.1) is 40.2 Å².